The molecule has 1 aromatic carbocycles. The number of fused-ring (bicyclic) bond motifs is 1. The zero-order chi connectivity index (χ0) is 23.2. The number of nitrogens with one attached hydrogen (secondary N) is 1. The van der Waals surface area contributed by atoms with Gasteiger partial charge in [-0.3, -0.25) is 0 Å². The Morgan fingerprint density at radius 1 is 1.10 bits per heavy atom. The highest BCUT2D eigenvalue weighted by molar-refractivity contribution is 5.48. The second kappa shape index (κ2) is 7.51. The molecule has 3 aromatic rings. The highest BCUT2D eigenvalue weighted by Gasteiger charge is 2.37. The molecule has 0 spiro atoms. The number of rotatable bonds is 5. The van der Waals surface area contributed by atoms with Crippen LogP contribution in [-0.4, -0.2) is 36.7 Å². The van der Waals surface area contributed by atoms with Crippen molar-refractivity contribution in [3.63, 3.8) is 0 Å². The van der Waals surface area contributed by atoms with Gasteiger partial charge >= 0.3 is 12.5 Å². The summed E-state index contributed by atoms with van der Waals surface area (Å²) in [7, 11) is 0. The lowest BCUT2D eigenvalue weighted by atomic mass is 9.91. The first-order valence-corrected chi connectivity index (χ1v) is 8.47. The van der Waals surface area contributed by atoms with Crippen molar-refractivity contribution in [3.05, 3.63) is 47.7 Å². The van der Waals surface area contributed by atoms with Gasteiger partial charge in [-0.15, -0.1) is 13.2 Å². The van der Waals surface area contributed by atoms with Crippen LogP contribution in [0.1, 0.15) is 31.1 Å². The van der Waals surface area contributed by atoms with Gasteiger partial charge in [0, 0.05) is 17.7 Å². The number of benzene rings is 1. The Kier molecular flexibility index (Phi) is 5.46. The van der Waals surface area contributed by atoms with Crippen LogP contribution in [0, 0.1) is 5.82 Å². The fraction of sp³-hybridized carbons (Fsp3) is 0.353. The molecule has 0 aliphatic carbocycles. The molecular weight excluding hydrogens is 439 g/mol. The van der Waals surface area contributed by atoms with Crippen molar-refractivity contribution in [2.24, 2.45) is 0 Å². The van der Waals surface area contributed by atoms with Crippen LogP contribution in [0.4, 0.5) is 36.6 Å². The lowest BCUT2D eigenvalue weighted by molar-refractivity contribution is -0.274. The van der Waals surface area contributed by atoms with Gasteiger partial charge in [0.15, 0.2) is 5.69 Å². The van der Waals surface area contributed by atoms with E-state index in [1.54, 1.807) is 0 Å². The van der Waals surface area contributed by atoms with E-state index in [4.69, 9.17) is 0 Å². The zero-order valence-electron chi connectivity index (χ0n) is 15.8. The van der Waals surface area contributed by atoms with Crippen molar-refractivity contribution in [3.8, 4) is 5.75 Å². The third-order valence-corrected chi connectivity index (χ3v) is 4.06. The molecule has 2 heterocycles. The first-order chi connectivity index (χ1) is 14.1. The Labute approximate surface area is 169 Å². The highest BCUT2D eigenvalue weighted by atomic mass is 19.4. The minimum atomic E-state index is -5.05. The van der Waals surface area contributed by atoms with Gasteiger partial charge in [-0.25, -0.2) is 9.37 Å². The highest BCUT2D eigenvalue weighted by Crippen LogP contribution is 2.35. The number of alkyl halides is 6. The van der Waals surface area contributed by atoms with E-state index in [9.17, 15) is 35.8 Å². The SMILES string of the molecule is CC(C)(O)C(Nc1cc(C(F)(F)F)nc2ncnn12)c1ccc(OC(F)(F)F)cc1F. The van der Waals surface area contributed by atoms with Crippen LogP contribution >= 0.6 is 0 Å². The average Bonchev–Trinajstić information content (AvgIpc) is 3.06. The molecule has 14 heteroatoms. The summed E-state index contributed by atoms with van der Waals surface area (Å²) < 4.78 is 95.7. The van der Waals surface area contributed by atoms with E-state index in [0.29, 0.717) is 12.1 Å². The summed E-state index contributed by atoms with van der Waals surface area (Å²) in [6.45, 7) is 2.46. The lowest BCUT2D eigenvalue weighted by Crippen LogP contribution is -2.35. The summed E-state index contributed by atoms with van der Waals surface area (Å²) in [5.41, 5.74) is -3.44. The Bertz CT molecular complexity index is 1090. The van der Waals surface area contributed by atoms with Gasteiger partial charge in [-0.1, -0.05) is 6.07 Å². The van der Waals surface area contributed by atoms with Crippen LogP contribution in [0.3, 0.4) is 0 Å². The third kappa shape index (κ3) is 5.13. The monoisotopic (exact) mass is 453 g/mol. The first-order valence-electron chi connectivity index (χ1n) is 8.47. The van der Waals surface area contributed by atoms with E-state index in [1.807, 2.05) is 0 Å². The quantitative estimate of drug-likeness (QED) is 0.566. The molecule has 1 unspecified atom stereocenters. The van der Waals surface area contributed by atoms with E-state index in [1.165, 1.54) is 13.8 Å². The molecule has 2 N–H and O–H groups in total. The van der Waals surface area contributed by atoms with E-state index in [2.05, 4.69) is 25.1 Å². The van der Waals surface area contributed by atoms with Crippen LogP contribution in [0.25, 0.3) is 5.78 Å². The molecule has 0 saturated heterocycles. The fourth-order valence-electron chi connectivity index (χ4n) is 2.78. The number of hydrogen-bond donors (Lipinski definition) is 2. The molecule has 168 valence electrons. The summed E-state index contributed by atoms with van der Waals surface area (Å²) in [6.07, 6.45) is -8.95. The average molecular weight is 453 g/mol. The molecule has 3 rings (SSSR count). The smallest absolute Gasteiger partial charge is 0.406 e. The molecule has 0 amide bonds. The zero-order valence-corrected chi connectivity index (χ0v) is 15.8. The Hall–Kier alpha value is -3.16. The van der Waals surface area contributed by atoms with E-state index < -0.39 is 47.2 Å². The van der Waals surface area contributed by atoms with Gasteiger partial charge in [0.2, 0.25) is 0 Å². The predicted molar refractivity (Wildman–Crippen MR) is 91.5 cm³/mol. The molecule has 2 aromatic heterocycles. The fourth-order valence-corrected chi connectivity index (χ4v) is 2.78. The van der Waals surface area contributed by atoms with Gasteiger partial charge in [0.25, 0.3) is 5.78 Å². The number of anilines is 1. The maximum absolute atomic E-state index is 14.6. The van der Waals surface area contributed by atoms with Crippen molar-refractivity contribution in [1.82, 2.24) is 19.6 Å². The molecular formula is C17H14F7N5O2. The topological polar surface area (TPSA) is 84.6 Å². The molecule has 7 nitrogen and oxygen atoms in total. The summed E-state index contributed by atoms with van der Waals surface area (Å²) in [5.74, 6) is -2.79. The number of aromatic nitrogens is 4. The minimum Gasteiger partial charge on any atom is -0.406 e. The Morgan fingerprint density at radius 3 is 2.32 bits per heavy atom. The molecule has 0 fully saturated rings. The van der Waals surface area contributed by atoms with Crippen LogP contribution < -0.4 is 10.1 Å². The largest absolute Gasteiger partial charge is 0.573 e. The second-order valence-electron chi connectivity index (χ2n) is 6.96. The Balaban J connectivity index is 2.06. The number of ether oxygens (including phenoxy) is 1. The standard InChI is InChI=1S/C17H14F7N5O2/c1-15(2,30)13(9-4-3-8(5-10(9)18)31-17(22,23)24)28-12-6-11(16(19,20)21)27-14-25-7-26-29(12)14/h3-7,13,28,30H,1-2H3. The molecule has 31 heavy (non-hydrogen) atoms. The van der Waals surface area contributed by atoms with Gasteiger partial charge in [-0.2, -0.15) is 27.8 Å². The predicted octanol–water partition coefficient (Wildman–Crippen LogP) is 4.10. The van der Waals surface area contributed by atoms with Crippen molar-refractivity contribution >= 4 is 11.6 Å². The van der Waals surface area contributed by atoms with E-state index >= 15 is 0 Å². The summed E-state index contributed by atoms with van der Waals surface area (Å²) in [5, 5.41) is 16.8. The number of nitrogens with zero attached hydrogens (tertiary/aromatic N) is 4. The minimum absolute atomic E-state index is 0.333. The van der Waals surface area contributed by atoms with Crippen LogP contribution in [0.5, 0.6) is 5.75 Å². The van der Waals surface area contributed by atoms with Crippen LogP contribution in [0.15, 0.2) is 30.6 Å². The maximum atomic E-state index is 14.6. The molecule has 1 atom stereocenters. The normalized spacial score (nSPS) is 14.0. The Morgan fingerprint density at radius 2 is 1.77 bits per heavy atom. The van der Waals surface area contributed by atoms with Crippen molar-refractivity contribution < 1.29 is 40.6 Å². The molecule has 0 radical (unpaired) electrons. The van der Waals surface area contributed by atoms with Crippen molar-refractivity contribution in [1.29, 1.82) is 0 Å². The van der Waals surface area contributed by atoms with Gasteiger partial charge in [0.05, 0.1) is 11.6 Å². The van der Waals surface area contributed by atoms with Gasteiger partial charge < -0.3 is 15.2 Å². The maximum Gasteiger partial charge on any atom is 0.573 e. The number of aliphatic hydroxyl groups is 1. The van der Waals surface area contributed by atoms with Gasteiger partial charge in [0.1, 0.15) is 23.7 Å². The molecule has 0 aliphatic heterocycles. The van der Waals surface area contributed by atoms with Gasteiger partial charge in [-0.05, 0) is 19.9 Å². The molecule has 0 aliphatic rings. The summed E-state index contributed by atoms with van der Waals surface area (Å²) in [4.78, 5) is 6.94. The summed E-state index contributed by atoms with van der Waals surface area (Å²) >= 11 is 0. The molecule has 0 saturated carbocycles. The van der Waals surface area contributed by atoms with Crippen LogP contribution in [-0.2, 0) is 6.18 Å². The van der Waals surface area contributed by atoms with Crippen molar-refractivity contribution in [2.75, 3.05) is 5.32 Å². The first kappa shape index (κ1) is 22.5. The number of hydrogen-bond acceptors (Lipinski definition) is 6. The third-order valence-electron chi connectivity index (χ3n) is 4.06. The van der Waals surface area contributed by atoms with E-state index in [0.717, 1.165) is 23.0 Å². The lowest BCUT2D eigenvalue weighted by Gasteiger charge is -2.32. The summed E-state index contributed by atoms with van der Waals surface area (Å²) in [6, 6.07) is 1.34. The number of halogens is 7. The van der Waals surface area contributed by atoms with Crippen molar-refractivity contribution in [2.45, 2.75) is 38.0 Å². The van der Waals surface area contributed by atoms with E-state index in [-0.39, 0.29) is 11.4 Å². The van der Waals surface area contributed by atoms with Crippen LogP contribution in [0.2, 0.25) is 0 Å². The second-order valence-corrected chi connectivity index (χ2v) is 6.96. The molecule has 0 bridgehead atoms.